The summed E-state index contributed by atoms with van der Waals surface area (Å²) in [5, 5.41) is 11.3. The fourth-order valence-corrected chi connectivity index (χ4v) is 0.853. The Morgan fingerprint density at radius 1 is 1.57 bits per heavy atom. The van der Waals surface area contributed by atoms with Gasteiger partial charge in [-0.1, -0.05) is 0 Å². The van der Waals surface area contributed by atoms with Gasteiger partial charge in [0.25, 0.3) is 5.91 Å². The lowest BCUT2D eigenvalue weighted by Gasteiger charge is -2.09. The van der Waals surface area contributed by atoms with Crippen molar-refractivity contribution in [1.29, 1.82) is 0 Å². The predicted octanol–water partition coefficient (Wildman–Crippen LogP) is -0.104. The van der Waals surface area contributed by atoms with Crippen LogP contribution in [0.1, 0.15) is 23.1 Å². The van der Waals surface area contributed by atoms with Crippen molar-refractivity contribution in [3.8, 4) is 0 Å². The summed E-state index contributed by atoms with van der Waals surface area (Å²) in [5.41, 5.74) is 1.02. The van der Waals surface area contributed by atoms with Gasteiger partial charge in [0.1, 0.15) is 5.69 Å². The molecule has 0 saturated heterocycles. The average molecular weight is 195 g/mol. The molecule has 14 heavy (non-hydrogen) atoms. The third-order valence-electron chi connectivity index (χ3n) is 1.66. The summed E-state index contributed by atoms with van der Waals surface area (Å²) >= 11 is 0. The number of rotatable bonds is 3. The molecule has 1 amide bonds. The van der Waals surface area contributed by atoms with Gasteiger partial charge in [-0.05, 0) is 13.8 Å². The molecule has 0 bridgehead atoms. The van der Waals surface area contributed by atoms with Gasteiger partial charge in [-0.3, -0.25) is 9.78 Å². The molecule has 5 nitrogen and oxygen atoms in total. The van der Waals surface area contributed by atoms with E-state index in [0.717, 1.165) is 5.69 Å². The minimum absolute atomic E-state index is 0.0922. The molecule has 0 aromatic carbocycles. The van der Waals surface area contributed by atoms with Crippen molar-refractivity contribution in [2.75, 3.05) is 6.61 Å². The average Bonchev–Trinajstić information content (AvgIpc) is 2.18. The quantitative estimate of drug-likeness (QED) is 0.706. The number of carbonyl (C=O) groups excluding carboxylic acids is 1. The Balaban J connectivity index is 2.65. The Hall–Kier alpha value is -1.49. The van der Waals surface area contributed by atoms with Crippen LogP contribution in [0.3, 0.4) is 0 Å². The summed E-state index contributed by atoms with van der Waals surface area (Å²) in [6, 6.07) is -0.273. The van der Waals surface area contributed by atoms with Gasteiger partial charge in [0.15, 0.2) is 0 Å². The Labute approximate surface area is 82.2 Å². The van der Waals surface area contributed by atoms with Crippen molar-refractivity contribution in [3.63, 3.8) is 0 Å². The van der Waals surface area contributed by atoms with Gasteiger partial charge >= 0.3 is 0 Å². The summed E-state index contributed by atoms with van der Waals surface area (Å²) in [6.07, 6.45) is 2.94. The minimum Gasteiger partial charge on any atom is -0.394 e. The Bertz CT molecular complexity index is 310. The van der Waals surface area contributed by atoms with Gasteiger partial charge in [-0.25, -0.2) is 4.98 Å². The summed E-state index contributed by atoms with van der Waals surface area (Å²) in [5.74, 6) is -0.320. The third-order valence-corrected chi connectivity index (χ3v) is 1.66. The first-order valence-electron chi connectivity index (χ1n) is 4.34. The number of nitrogens with zero attached hydrogens (tertiary/aromatic N) is 2. The molecule has 0 aliphatic carbocycles. The maximum atomic E-state index is 11.4. The van der Waals surface area contributed by atoms with Crippen molar-refractivity contribution in [2.24, 2.45) is 0 Å². The normalized spacial score (nSPS) is 12.2. The molecule has 1 aromatic heterocycles. The highest BCUT2D eigenvalue weighted by molar-refractivity contribution is 5.92. The summed E-state index contributed by atoms with van der Waals surface area (Å²) < 4.78 is 0. The number of aromatic nitrogens is 2. The van der Waals surface area contributed by atoms with Gasteiger partial charge in [-0.2, -0.15) is 0 Å². The van der Waals surface area contributed by atoms with Gasteiger partial charge in [0.05, 0.1) is 18.5 Å². The lowest BCUT2D eigenvalue weighted by atomic mass is 10.3. The number of amides is 1. The second-order valence-corrected chi connectivity index (χ2v) is 3.10. The van der Waals surface area contributed by atoms with Gasteiger partial charge in [0.2, 0.25) is 0 Å². The lowest BCUT2D eigenvalue weighted by molar-refractivity contribution is 0.0917. The van der Waals surface area contributed by atoms with Gasteiger partial charge in [0, 0.05) is 12.2 Å². The van der Waals surface area contributed by atoms with E-state index in [2.05, 4.69) is 15.3 Å². The van der Waals surface area contributed by atoms with E-state index in [1.807, 2.05) is 0 Å². The van der Waals surface area contributed by atoms with Crippen LogP contribution in [0.4, 0.5) is 0 Å². The number of aliphatic hydroxyl groups excluding tert-OH is 1. The SMILES string of the molecule is Cc1cnc(C(=O)N[C@@H](C)CO)cn1. The fraction of sp³-hybridized carbons (Fsp3) is 0.444. The highest BCUT2D eigenvalue weighted by atomic mass is 16.3. The topological polar surface area (TPSA) is 75.1 Å². The smallest absolute Gasteiger partial charge is 0.271 e. The number of hydrogen-bond donors (Lipinski definition) is 2. The van der Waals surface area contributed by atoms with Gasteiger partial charge < -0.3 is 10.4 Å². The van der Waals surface area contributed by atoms with E-state index in [4.69, 9.17) is 5.11 Å². The molecule has 1 heterocycles. The van der Waals surface area contributed by atoms with Crippen molar-refractivity contribution >= 4 is 5.91 Å². The lowest BCUT2D eigenvalue weighted by Crippen LogP contribution is -2.35. The zero-order chi connectivity index (χ0) is 10.6. The number of aliphatic hydroxyl groups is 1. The molecular formula is C9H13N3O2. The van der Waals surface area contributed by atoms with Crippen LogP contribution in [0, 0.1) is 6.92 Å². The highest BCUT2D eigenvalue weighted by Gasteiger charge is 2.09. The van der Waals surface area contributed by atoms with E-state index in [-0.39, 0.29) is 24.2 Å². The second-order valence-electron chi connectivity index (χ2n) is 3.10. The minimum atomic E-state index is -0.320. The molecule has 0 unspecified atom stereocenters. The predicted molar refractivity (Wildman–Crippen MR) is 50.8 cm³/mol. The maximum absolute atomic E-state index is 11.4. The number of carbonyl (C=O) groups is 1. The van der Waals surface area contributed by atoms with E-state index in [1.165, 1.54) is 12.4 Å². The molecule has 0 fully saturated rings. The maximum Gasteiger partial charge on any atom is 0.271 e. The molecule has 1 rings (SSSR count). The summed E-state index contributed by atoms with van der Waals surface area (Å²) in [4.78, 5) is 19.3. The highest BCUT2D eigenvalue weighted by Crippen LogP contribution is 1.94. The number of hydrogen-bond acceptors (Lipinski definition) is 4. The molecule has 1 atom stereocenters. The third kappa shape index (κ3) is 2.77. The molecule has 0 saturated carbocycles. The van der Waals surface area contributed by atoms with Crippen LogP contribution in [0.25, 0.3) is 0 Å². The number of aryl methyl sites for hydroxylation is 1. The van der Waals surface area contributed by atoms with E-state index in [1.54, 1.807) is 13.8 Å². The van der Waals surface area contributed by atoms with Crippen LogP contribution in [0.2, 0.25) is 0 Å². The molecular weight excluding hydrogens is 182 g/mol. The molecule has 1 aromatic rings. The summed E-state index contributed by atoms with van der Waals surface area (Å²) in [7, 11) is 0. The van der Waals surface area contributed by atoms with Gasteiger partial charge in [-0.15, -0.1) is 0 Å². The van der Waals surface area contributed by atoms with Crippen LogP contribution in [0.15, 0.2) is 12.4 Å². The van der Waals surface area contributed by atoms with E-state index in [0.29, 0.717) is 0 Å². The van der Waals surface area contributed by atoms with Crippen molar-refractivity contribution in [1.82, 2.24) is 15.3 Å². The van der Waals surface area contributed by atoms with Crippen molar-refractivity contribution in [2.45, 2.75) is 19.9 Å². The second kappa shape index (κ2) is 4.66. The van der Waals surface area contributed by atoms with E-state index < -0.39 is 0 Å². The van der Waals surface area contributed by atoms with E-state index in [9.17, 15) is 4.79 Å². The Morgan fingerprint density at radius 3 is 2.79 bits per heavy atom. The molecule has 2 N–H and O–H groups in total. The van der Waals surface area contributed by atoms with Crippen molar-refractivity contribution in [3.05, 3.63) is 23.8 Å². The first-order valence-corrected chi connectivity index (χ1v) is 4.34. The standard InChI is InChI=1S/C9H13N3O2/c1-6-3-11-8(4-10-6)9(14)12-7(2)5-13/h3-4,7,13H,5H2,1-2H3,(H,12,14)/t7-/m0/s1. The van der Waals surface area contributed by atoms with Crippen LogP contribution in [-0.4, -0.2) is 33.6 Å². The largest absolute Gasteiger partial charge is 0.394 e. The Morgan fingerprint density at radius 2 is 2.29 bits per heavy atom. The first kappa shape index (κ1) is 10.6. The van der Waals surface area contributed by atoms with Crippen LogP contribution in [0.5, 0.6) is 0 Å². The van der Waals surface area contributed by atoms with Crippen molar-refractivity contribution < 1.29 is 9.90 Å². The van der Waals surface area contributed by atoms with Crippen LogP contribution < -0.4 is 5.32 Å². The first-order chi connectivity index (χ1) is 6.63. The van der Waals surface area contributed by atoms with Crippen LogP contribution >= 0.6 is 0 Å². The van der Waals surface area contributed by atoms with Crippen LogP contribution in [-0.2, 0) is 0 Å². The fourth-order valence-electron chi connectivity index (χ4n) is 0.853. The zero-order valence-corrected chi connectivity index (χ0v) is 8.19. The number of nitrogens with one attached hydrogen (secondary N) is 1. The molecule has 0 aliphatic heterocycles. The van der Waals surface area contributed by atoms with E-state index >= 15 is 0 Å². The monoisotopic (exact) mass is 195 g/mol. The zero-order valence-electron chi connectivity index (χ0n) is 8.19. The Kier molecular flexibility index (Phi) is 3.53. The molecule has 0 aliphatic rings. The molecule has 0 radical (unpaired) electrons. The molecule has 0 spiro atoms. The summed E-state index contributed by atoms with van der Waals surface area (Å²) in [6.45, 7) is 3.41. The molecule has 5 heteroatoms. The molecule has 76 valence electrons.